The molecule has 2 unspecified atom stereocenters. The molecule has 1 fully saturated rings. The van der Waals surface area contributed by atoms with Crippen molar-refractivity contribution < 1.29 is 0 Å². The molecular formula is C10H16BrN3. The predicted molar refractivity (Wildman–Crippen MR) is 61.0 cm³/mol. The largest absolute Gasteiger partial charge is 0.383 e. The van der Waals surface area contributed by atoms with Crippen LogP contribution in [0.3, 0.4) is 0 Å². The van der Waals surface area contributed by atoms with Crippen molar-refractivity contribution >= 4 is 21.7 Å². The Morgan fingerprint density at radius 3 is 2.79 bits per heavy atom. The monoisotopic (exact) mass is 257 g/mol. The van der Waals surface area contributed by atoms with E-state index in [-0.39, 0.29) is 0 Å². The van der Waals surface area contributed by atoms with E-state index in [0.29, 0.717) is 12.0 Å². The highest BCUT2D eigenvalue weighted by Gasteiger charge is 2.25. The minimum absolute atomic E-state index is 0.495. The second kappa shape index (κ2) is 3.93. The molecule has 0 bridgehead atoms. The van der Waals surface area contributed by atoms with E-state index in [1.807, 2.05) is 4.68 Å². The smallest absolute Gasteiger partial charge is 0.136 e. The molecule has 0 spiro atoms. The Balaban J connectivity index is 2.24. The lowest BCUT2D eigenvalue weighted by Gasteiger charge is -2.29. The van der Waals surface area contributed by atoms with Gasteiger partial charge in [-0.25, -0.2) is 4.68 Å². The summed E-state index contributed by atoms with van der Waals surface area (Å²) in [5.41, 5.74) is 5.95. The maximum absolute atomic E-state index is 5.95. The van der Waals surface area contributed by atoms with Crippen LogP contribution in [0.5, 0.6) is 0 Å². The fourth-order valence-corrected chi connectivity index (χ4v) is 2.55. The molecule has 0 aromatic carbocycles. The van der Waals surface area contributed by atoms with Gasteiger partial charge in [0.25, 0.3) is 0 Å². The molecule has 1 aliphatic rings. The van der Waals surface area contributed by atoms with E-state index in [9.17, 15) is 0 Å². The second-order valence-electron chi connectivity index (χ2n) is 4.15. The van der Waals surface area contributed by atoms with Gasteiger partial charge in [-0.05, 0) is 34.7 Å². The lowest BCUT2D eigenvalue weighted by atomic mass is 9.86. The average molecular weight is 258 g/mol. The highest BCUT2D eigenvalue weighted by Crippen LogP contribution is 2.35. The summed E-state index contributed by atoms with van der Waals surface area (Å²) in [4.78, 5) is 0. The number of rotatable bonds is 1. The first-order chi connectivity index (χ1) is 6.70. The van der Waals surface area contributed by atoms with Gasteiger partial charge < -0.3 is 5.73 Å². The fraction of sp³-hybridized carbons (Fsp3) is 0.700. The Kier molecular flexibility index (Phi) is 2.81. The maximum atomic E-state index is 5.95. The molecule has 0 radical (unpaired) electrons. The number of anilines is 1. The molecule has 1 aromatic rings. The van der Waals surface area contributed by atoms with Gasteiger partial charge in [-0.2, -0.15) is 5.10 Å². The minimum atomic E-state index is 0.495. The molecular weight excluding hydrogens is 242 g/mol. The predicted octanol–water partition coefficient (Wildman–Crippen LogP) is 2.98. The molecule has 4 heteroatoms. The van der Waals surface area contributed by atoms with E-state index >= 15 is 0 Å². The van der Waals surface area contributed by atoms with E-state index < -0.39 is 0 Å². The van der Waals surface area contributed by atoms with Gasteiger partial charge in [-0.15, -0.1) is 0 Å². The maximum Gasteiger partial charge on any atom is 0.136 e. The third-order valence-electron chi connectivity index (χ3n) is 3.17. The van der Waals surface area contributed by atoms with Crippen LogP contribution in [0.15, 0.2) is 10.7 Å². The van der Waals surface area contributed by atoms with Gasteiger partial charge in [-0.3, -0.25) is 0 Å². The van der Waals surface area contributed by atoms with E-state index in [0.717, 1.165) is 10.3 Å². The van der Waals surface area contributed by atoms with Crippen LogP contribution in [0.1, 0.15) is 38.6 Å². The first-order valence-corrected chi connectivity index (χ1v) is 5.98. The Bertz CT molecular complexity index is 321. The quantitative estimate of drug-likeness (QED) is 0.841. The van der Waals surface area contributed by atoms with Crippen molar-refractivity contribution in [3.8, 4) is 0 Å². The van der Waals surface area contributed by atoms with Crippen molar-refractivity contribution in [2.45, 2.75) is 38.6 Å². The molecule has 2 rings (SSSR count). The van der Waals surface area contributed by atoms with E-state index in [1.54, 1.807) is 6.20 Å². The van der Waals surface area contributed by atoms with Gasteiger partial charge in [0.15, 0.2) is 0 Å². The lowest BCUT2D eigenvalue weighted by molar-refractivity contribution is 0.243. The third kappa shape index (κ3) is 1.67. The highest BCUT2D eigenvalue weighted by atomic mass is 79.9. The zero-order valence-corrected chi connectivity index (χ0v) is 10.00. The van der Waals surface area contributed by atoms with Crippen LogP contribution >= 0.6 is 15.9 Å². The summed E-state index contributed by atoms with van der Waals surface area (Å²) in [5, 5.41) is 4.33. The van der Waals surface area contributed by atoms with Crippen LogP contribution in [0.2, 0.25) is 0 Å². The Labute approximate surface area is 92.8 Å². The molecule has 0 saturated heterocycles. The van der Waals surface area contributed by atoms with Gasteiger partial charge in [0.05, 0.1) is 16.7 Å². The molecule has 14 heavy (non-hydrogen) atoms. The van der Waals surface area contributed by atoms with Crippen molar-refractivity contribution in [1.29, 1.82) is 0 Å². The molecule has 0 aliphatic heterocycles. The number of halogens is 1. The molecule has 2 atom stereocenters. The van der Waals surface area contributed by atoms with Gasteiger partial charge >= 0.3 is 0 Å². The van der Waals surface area contributed by atoms with Crippen molar-refractivity contribution in [2.75, 3.05) is 5.73 Å². The Morgan fingerprint density at radius 2 is 2.21 bits per heavy atom. The number of hydrogen-bond donors (Lipinski definition) is 1. The van der Waals surface area contributed by atoms with Crippen molar-refractivity contribution in [2.24, 2.45) is 5.92 Å². The van der Waals surface area contributed by atoms with Crippen molar-refractivity contribution in [3.05, 3.63) is 10.7 Å². The molecule has 1 aliphatic carbocycles. The van der Waals surface area contributed by atoms with Crippen molar-refractivity contribution in [3.63, 3.8) is 0 Å². The fourth-order valence-electron chi connectivity index (χ4n) is 2.27. The SMILES string of the molecule is CC1CCCCC1n1ncc(Br)c1N. The summed E-state index contributed by atoms with van der Waals surface area (Å²) >= 11 is 3.39. The van der Waals surface area contributed by atoms with Gasteiger partial charge in [-0.1, -0.05) is 19.8 Å². The summed E-state index contributed by atoms with van der Waals surface area (Å²) in [6.07, 6.45) is 6.93. The van der Waals surface area contributed by atoms with Crippen LogP contribution in [0, 0.1) is 5.92 Å². The molecule has 1 aromatic heterocycles. The van der Waals surface area contributed by atoms with Gasteiger partial charge in [0, 0.05) is 0 Å². The lowest BCUT2D eigenvalue weighted by Crippen LogP contribution is -2.23. The molecule has 1 saturated carbocycles. The summed E-state index contributed by atoms with van der Waals surface area (Å²) < 4.78 is 2.89. The zero-order chi connectivity index (χ0) is 10.1. The number of aromatic nitrogens is 2. The van der Waals surface area contributed by atoms with Crippen LogP contribution < -0.4 is 5.73 Å². The minimum Gasteiger partial charge on any atom is -0.383 e. The molecule has 2 N–H and O–H groups in total. The number of nitrogens with zero attached hydrogens (tertiary/aromatic N) is 2. The van der Waals surface area contributed by atoms with Crippen LogP contribution in [-0.4, -0.2) is 9.78 Å². The van der Waals surface area contributed by atoms with Crippen LogP contribution in [0.4, 0.5) is 5.82 Å². The van der Waals surface area contributed by atoms with Gasteiger partial charge in [0.2, 0.25) is 0 Å². The van der Waals surface area contributed by atoms with E-state index in [2.05, 4.69) is 28.0 Å². The normalized spacial score (nSPS) is 27.9. The standard InChI is InChI=1S/C10H16BrN3/c1-7-4-2-3-5-9(7)14-10(12)8(11)6-13-14/h6-7,9H,2-5,12H2,1H3. The van der Waals surface area contributed by atoms with E-state index in [4.69, 9.17) is 5.73 Å². The third-order valence-corrected chi connectivity index (χ3v) is 3.78. The average Bonchev–Trinajstić information content (AvgIpc) is 2.49. The number of nitrogen functional groups attached to an aromatic ring is 1. The number of nitrogens with two attached hydrogens (primary N) is 1. The van der Waals surface area contributed by atoms with Crippen LogP contribution in [-0.2, 0) is 0 Å². The first-order valence-electron chi connectivity index (χ1n) is 5.18. The Morgan fingerprint density at radius 1 is 1.50 bits per heavy atom. The van der Waals surface area contributed by atoms with Crippen molar-refractivity contribution in [1.82, 2.24) is 9.78 Å². The second-order valence-corrected chi connectivity index (χ2v) is 5.01. The van der Waals surface area contributed by atoms with Gasteiger partial charge in [0.1, 0.15) is 5.82 Å². The summed E-state index contributed by atoms with van der Waals surface area (Å²) in [6.45, 7) is 2.29. The van der Waals surface area contributed by atoms with E-state index in [1.165, 1.54) is 25.7 Å². The zero-order valence-electron chi connectivity index (χ0n) is 8.41. The summed E-state index contributed by atoms with van der Waals surface area (Å²) in [5.74, 6) is 1.46. The highest BCUT2D eigenvalue weighted by molar-refractivity contribution is 9.10. The first kappa shape index (κ1) is 10.0. The number of hydrogen-bond acceptors (Lipinski definition) is 2. The molecule has 78 valence electrons. The summed E-state index contributed by atoms with van der Waals surface area (Å²) in [7, 11) is 0. The topological polar surface area (TPSA) is 43.8 Å². The van der Waals surface area contributed by atoms with Crippen LogP contribution in [0.25, 0.3) is 0 Å². The Hall–Kier alpha value is -0.510. The molecule has 1 heterocycles. The molecule has 0 amide bonds. The summed E-state index contributed by atoms with van der Waals surface area (Å²) in [6, 6.07) is 0.495. The molecule has 3 nitrogen and oxygen atoms in total.